The lowest BCUT2D eigenvalue weighted by Crippen LogP contribution is -2.08. The van der Waals surface area contributed by atoms with Gasteiger partial charge in [0.1, 0.15) is 23.1 Å². The molecule has 0 aromatic heterocycles. The molecule has 0 amide bonds. The summed E-state index contributed by atoms with van der Waals surface area (Å²) in [5.41, 5.74) is 0.0646. The molecule has 0 saturated heterocycles. The molecule has 0 saturated carbocycles. The SMILES string of the molecule is Fc1cccc(F)c1NCc1ccccc1OC(F)F. The van der Waals surface area contributed by atoms with Crippen molar-refractivity contribution in [2.24, 2.45) is 0 Å². The molecule has 2 aromatic rings. The summed E-state index contributed by atoms with van der Waals surface area (Å²) in [6.45, 7) is -3.00. The van der Waals surface area contributed by atoms with Crippen molar-refractivity contribution in [1.29, 1.82) is 0 Å². The molecule has 0 bridgehead atoms. The average molecular weight is 285 g/mol. The Bertz CT molecular complexity index is 569. The smallest absolute Gasteiger partial charge is 0.387 e. The molecule has 0 heterocycles. The Kier molecular flexibility index (Phi) is 4.45. The first-order chi connectivity index (χ1) is 9.58. The third-order valence-corrected chi connectivity index (χ3v) is 2.61. The Morgan fingerprint density at radius 2 is 1.60 bits per heavy atom. The highest BCUT2D eigenvalue weighted by molar-refractivity contribution is 5.47. The molecule has 2 nitrogen and oxygen atoms in total. The molecule has 0 fully saturated rings. The first-order valence-corrected chi connectivity index (χ1v) is 5.78. The lowest BCUT2D eigenvalue weighted by molar-refractivity contribution is -0.0504. The second kappa shape index (κ2) is 6.27. The Hall–Kier alpha value is -2.24. The van der Waals surface area contributed by atoms with Crippen molar-refractivity contribution >= 4 is 5.69 Å². The van der Waals surface area contributed by atoms with Crippen molar-refractivity contribution in [2.45, 2.75) is 13.2 Å². The van der Waals surface area contributed by atoms with Crippen LogP contribution in [-0.2, 0) is 6.54 Å². The summed E-state index contributed by atoms with van der Waals surface area (Å²) in [5.74, 6) is -1.54. The molecule has 0 atom stereocenters. The molecule has 2 aromatic carbocycles. The van der Waals surface area contributed by atoms with Crippen molar-refractivity contribution in [3.05, 3.63) is 59.7 Å². The van der Waals surface area contributed by atoms with Crippen LogP contribution >= 0.6 is 0 Å². The molecule has 0 radical (unpaired) electrons. The fourth-order valence-electron chi connectivity index (χ4n) is 1.71. The van der Waals surface area contributed by atoms with Gasteiger partial charge in [-0.2, -0.15) is 8.78 Å². The standard InChI is InChI=1S/C14H11F4NO/c15-10-5-3-6-11(16)13(10)19-8-9-4-1-2-7-12(9)20-14(17)18/h1-7,14,19H,8H2. The molecule has 106 valence electrons. The summed E-state index contributed by atoms with van der Waals surface area (Å²) in [4.78, 5) is 0. The van der Waals surface area contributed by atoms with Crippen LogP contribution in [0.15, 0.2) is 42.5 Å². The van der Waals surface area contributed by atoms with E-state index < -0.39 is 18.2 Å². The van der Waals surface area contributed by atoms with Gasteiger partial charge in [0.15, 0.2) is 0 Å². The predicted octanol–water partition coefficient (Wildman–Crippen LogP) is 4.18. The fourth-order valence-corrected chi connectivity index (χ4v) is 1.71. The van der Waals surface area contributed by atoms with Crippen LogP contribution in [0.25, 0.3) is 0 Å². The van der Waals surface area contributed by atoms with E-state index in [0.29, 0.717) is 5.56 Å². The van der Waals surface area contributed by atoms with Gasteiger partial charge in [-0.3, -0.25) is 0 Å². The molecule has 2 rings (SSSR count). The van der Waals surface area contributed by atoms with E-state index in [2.05, 4.69) is 10.1 Å². The average Bonchev–Trinajstić information content (AvgIpc) is 2.39. The van der Waals surface area contributed by atoms with Crippen molar-refractivity contribution < 1.29 is 22.3 Å². The van der Waals surface area contributed by atoms with Crippen LogP contribution in [0.5, 0.6) is 5.75 Å². The van der Waals surface area contributed by atoms with Crippen molar-refractivity contribution in [1.82, 2.24) is 0 Å². The maximum atomic E-state index is 13.4. The van der Waals surface area contributed by atoms with Gasteiger partial charge in [0.05, 0.1) is 0 Å². The maximum Gasteiger partial charge on any atom is 0.387 e. The van der Waals surface area contributed by atoms with Crippen LogP contribution in [0.1, 0.15) is 5.56 Å². The summed E-state index contributed by atoms with van der Waals surface area (Å²) in [7, 11) is 0. The van der Waals surface area contributed by atoms with Gasteiger partial charge in [0.2, 0.25) is 0 Å². The third-order valence-electron chi connectivity index (χ3n) is 2.61. The zero-order valence-electron chi connectivity index (χ0n) is 10.2. The van der Waals surface area contributed by atoms with Gasteiger partial charge in [-0.05, 0) is 18.2 Å². The van der Waals surface area contributed by atoms with E-state index >= 15 is 0 Å². The van der Waals surface area contributed by atoms with E-state index in [1.807, 2.05) is 0 Å². The summed E-state index contributed by atoms with van der Waals surface area (Å²) in [6.07, 6.45) is 0. The van der Waals surface area contributed by atoms with Gasteiger partial charge >= 0.3 is 6.61 Å². The Balaban J connectivity index is 2.15. The second-order valence-electron chi connectivity index (χ2n) is 3.94. The largest absolute Gasteiger partial charge is 0.434 e. The van der Waals surface area contributed by atoms with E-state index in [-0.39, 0.29) is 18.0 Å². The van der Waals surface area contributed by atoms with Gasteiger partial charge in [-0.1, -0.05) is 24.3 Å². The highest BCUT2D eigenvalue weighted by atomic mass is 19.3. The molecule has 0 aliphatic carbocycles. The van der Waals surface area contributed by atoms with E-state index in [9.17, 15) is 17.6 Å². The maximum absolute atomic E-state index is 13.4. The fraction of sp³-hybridized carbons (Fsp3) is 0.143. The number of halogens is 4. The quantitative estimate of drug-likeness (QED) is 0.832. The minimum atomic E-state index is -2.96. The van der Waals surface area contributed by atoms with Crippen LogP contribution in [0, 0.1) is 11.6 Å². The number of nitrogens with one attached hydrogen (secondary N) is 1. The highest BCUT2D eigenvalue weighted by Gasteiger charge is 2.11. The minimum Gasteiger partial charge on any atom is -0.434 e. The van der Waals surface area contributed by atoms with Crippen molar-refractivity contribution in [2.75, 3.05) is 5.32 Å². The first-order valence-electron chi connectivity index (χ1n) is 5.78. The third kappa shape index (κ3) is 3.40. The van der Waals surface area contributed by atoms with Crippen molar-refractivity contribution in [3.63, 3.8) is 0 Å². The van der Waals surface area contributed by atoms with Crippen LogP contribution in [0.4, 0.5) is 23.2 Å². The van der Waals surface area contributed by atoms with Crippen LogP contribution in [0.3, 0.4) is 0 Å². The van der Waals surface area contributed by atoms with Gasteiger partial charge < -0.3 is 10.1 Å². The minimum absolute atomic E-state index is 0.0354. The van der Waals surface area contributed by atoms with Gasteiger partial charge in [-0.15, -0.1) is 0 Å². The number of hydrogen-bond acceptors (Lipinski definition) is 2. The van der Waals surface area contributed by atoms with Crippen LogP contribution in [0.2, 0.25) is 0 Å². The summed E-state index contributed by atoms with van der Waals surface area (Å²) in [5, 5.41) is 2.54. The molecule has 0 aliphatic heterocycles. The van der Waals surface area contributed by atoms with E-state index in [1.54, 1.807) is 6.07 Å². The van der Waals surface area contributed by atoms with Crippen LogP contribution < -0.4 is 10.1 Å². The monoisotopic (exact) mass is 285 g/mol. The Labute approximate surface area is 113 Å². The topological polar surface area (TPSA) is 21.3 Å². The molecule has 0 unspecified atom stereocenters. The lowest BCUT2D eigenvalue weighted by atomic mass is 10.2. The Morgan fingerprint density at radius 3 is 2.25 bits per heavy atom. The molecule has 0 spiro atoms. The predicted molar refractivity (Wildman–Crippen MR) is 66.8 cm³/mol. The summed E-state index contributed by atoms with van der Waals surface area (Å²) in [6, 6.07) is 9.49. The molecular formula is C14H11F4NO. The molecule has 6 heteroatoms. The van der Waals surface area contributed by atoms with E-state index in [1.165, 1.54) is 24.3 Å². The second-order valence-corrected chi connectivity index (χ2v) is 3.94. The van der Waals surface area contributed by atoms with Gasteiger partial charge in [-0.25, -0.2) is 8.78 Å². The zero-order chi connectivity index (χ0) is 14.5. The lowest BCUT2D eigenvalue weighted by Gasteiger charge is -2.12. The van der Waals surface area contributed by atoms with E-state index in [4.69, 9.17) is 0 Å². The first kappa shape index (κ1) is 14.2. The van der Waals surface area contributed by atoms with Crippen molar-refractivity contribution in [3.8, 4) is 5.75 Å². The molecule has 1 N–H and O–H groups in total. The number of anilines is 1. The highest BCUT2D eigenvalue weighted by Crippen LogP contribution is 2.23. The number of para-hydroxylation sites is 2. The summed E-state index contributed by atoms with van der Waals surface area (Å²) >= 11 is 0. The molecule has 0 aliphatic rings. The number of benzene rings is 2. The van der Waals surface area contributed by atoms with Crippen LogP contribution in [-0.4, -0.2) is 6.61 Å². The number of ether oxygens (including phenoxy) is 1. The molecular weight excluding hydrogens is 274 g/mol. The number of rotatable bonds is 5. The summed E-state index contributed by atoms with van der Waals surface area (Å²) < 4.78 is 55.6. The van der Waals surface area contributed by atoms with E-state index in [0.717, 1.165) is 12.1 Å². The number of hydrogen-bond donors (Lipinski definition) is 1. The van der Waals surface area contributed by atoms with Gasteiger partial charge in [0, 0.05) is 12.1 Å². The normalized spacial score (nSPS) is 10.7. The Morgan fingerprint density at radius 1 is 0.950 bits per heavy atom. The van der Waals surface area contributed by atoms with Gasteiger partial charge in [0.25, 0.3) is 0 Å². The zero-order valence-corrected chi connectivity index (χ0v) is 10.2. The number of alkyl halides is 2. The molecule has 20 heavy (non-hydrogen) atoms.